The molecular weight excluding hydrogens is 218 g/mol. The average molecular weight is 226 g/mol. The van der Waals surface area contributed by atoms with Crippen molar-refractivity contribution in [3.05, 3.63) is 0 Å². The summed E-state index contributed by atoms with van der Waals surface area (Å²) in [5.74, 6) is 0. The van der Waals surface area contributed by atoms with Crippen LogP contribution in [0.5, 0.6) is 0 Å². The lowest BCUT2D eigenvalue weighted by Crippen LogP contribution is -2.06. The molecular formula is C4H8Cl4Si. The molecule has 0 radical (unpaired) electrons. The van der Waals surface area contributed by atoms with Gasteiger partial charge in [0, 0.05) is 15.2 Å². The van der Waals surface area contributed by atoms with E-state index in [1.807, 2.05) is 0 Å². The fourth-order valence-corrected chi connectivity index (χ4v) is 1.09. The second-order valence-corrected chi connectivity index (χ2v) is 7.32. The SMILES string of the molecule is [SiH3]C(Cl)CCC(Cl)(Cl)Cl. The zero-order chi connectivity index (χ0) is 7.49. The largest absolute Gasteiger partial charge is 0.190 e. The maximum atomic E-state index is 5.67. The van der Waals surface area contributed by atoms with Gasteiger partial charge >= 0.3 is 0 Å². The van der Waals surface area contributed by atoms with E-state index in [1.54, 1.807) is 0 Å². The third kappa shape index (κ3) is 9.38. The molecule has 0 aliphatic heterocycles. The normalized spacial score (nSPS) is 16.0. The number of hydrogen-bond donors (Lipinski definition) is 0. The van der Waals surface area contributed by atoms with Crippen LogP contribution in [0.1, 0.15) is 12.8 Å². The summed E-state index contributed by atoms with van der Waals surface area (Å²) in [6, 6.07) is 0. The van der Waals surface area contributed by atoms with E-state index in [0.29, 0.717) is 6.42 Å². The molecule has 0 saturated carbocycles. The molecule has 0 N–H and O–H groups in total. The maximum absolute atomic E-state index is 5.67. The van der Waals surface area contributed by atoms with Gasteiger partial charge in [-0.25, -0.2) is 0 Å². The minimum atomic E-state index is -1.11. The van der Waals surface area contributed by atoms with Crippen LogP contribution in [0.4, 0.5) is 0 Å². The highest BCUT2D eigenvalue weighted by Crippen LogP contribution is 2.31. The van der Waals surface area contributed by atoms with Crippen LogP contribution in [0.2, 0.25) is 0 Å². The van der Waals surface area contributed by atoms with Crippen molar-refractivity contribution in [1.82, 2.24) is 0 Å². The number of hydrogen-bond acceptors (Lipinski definition) is 0. The van der Waals surface area contributed by atoms with Crippen molar-refractivity contribution < 1.29 is 0 Å². The Labute approximate surface area is 78.2 Å². The molecule has 0 aromatic heterocycles. The van der Waals surface area contributed by atoms with Crippen LogP contribution in [0.25, 0.3) is 0 Å². The quantitative estimate of drug-likeness (QED) is 0.499. The van der Waals surface area contributed by atoms with Gasteiger partial charge in [-0.3, -0.25) is 0 Å². The minimum absolute atomic E-state index is 0.223. The van der Waals surface area contributed by atoms with Gasteiger partial charge in [0.2, 0.25) is 0 Å². The van der Waals surface area contributed by atoms with Gasteiger partial charge in [-0.15, -0.1) is 11.6 Å². The van der Waals surface area contributed by atoms with Gasteiger partial charge in [-0.05, 0) is 12.8 Å². The first-order valence-corrected chi connectivity index (χ1v) is 5.35. The lowest BCUT2D eigenvalue weighted by Gasteiger charge is -2.10. The molecule has 1 atom stereocenters. The van der Waals surface area contributed by atoms with Crippen LogP contribution in [0.15, 0.2) is 0 Å². The fraction of sp³-hybridized carbons (Fsp3) is 1.00. The van der Waals surface area contributed by atoms with Crippen LogP contribution in [0, 0.1) is 0 Å². The summed E-state index contributed by atoms with van der Waals surface area (Å²) in [4.78, 5) is 0. The first-order valence-electron chi connectivity index (χ1n) is 2.62. The molecule has 0 fully saturated rings. The molecule has 5 heteroatoms. The molecule has 9 heavy (non-hydrogen) atoms. The van der Waals surface area contributed by atoms with E-state index < -0.39 is 3.79 Å². The van der Waals surface area contributed by atoms with Gasteiger partial charge in [-0.1, -0.05) is 34.8 Å². The van der Waals surface area contributed by atoms with E-state index >= 15 is 0 Å². The maximum Gasteiger partial charge on any atom is 0.190 e. The van der Waals surface area contributed by atoms with Gasteiger partial charge in [0.25, 0.3) is 0 Å². The van der Waals surface area contributed by atoms with Crippen LogP contribution >= 0.6 is 46.4 Å². The van der Waals surface area contributed by atoms with E-state index in [2.05, 4.69) is 0 Å². The Kier molecular flexibility index (Phi) is 4.95. The second-order valence-electron chi connectivity index (χ2n) is 1.93. The van der Waals surface area contributed by atoms with Crippen molar-refractivity contribution in [1.29, 1.82) is 0 Å². The summed E-state index contributed by atoms with van der Waals surface area (Å²) in [5, 5.41) is 0.223. The van der Waals surface area contributed by atoms with Crippen LogP contribution in [0.3, 0.4) is 0 Å². The Balaban J connectivity index is 3.28. The van der Waals surface area contributed by atoms with E-state index in [0.717, 1.165) is 16.7 Å². The van der Waals surface area contributed by atoms with E-state index in [1.165, 1.54) is 0 Å². The molecule has 0 aliphatic carbocycles. The summed E-state index contributed by atoms with van der Waals surface area (Å²) in [5.41, 5.74) is 0. The zero-order valence-electron chi connectivity index (χ0n) is 5.00. The Morgan fingerprint density at radius 2 is 1.78 bits per heavy atom. The van der Waals surface area contributed by atoms with Crippen molar-refractivity contribution in [3.8, 4) is 0 Å². The molecule has 0 rings (SSSR count). The topological polar surface area (TPSA) is 0 Å². The van der Waals surface area contributed by atoms with E-state index in [-0.39, 0.29) is 5.00 Å². The molecule has 0 saturated heterocycles. The predicted octanol–water partition coefficient (Wildman–Crippen LogP) is 2.07. The minimum Gasteiger partial charge on any atom is -0.128 e. The molecule has 0 nitrogen and oxygen atoms in total. The number of alkyl halides is 4. The molecule has 0 spiro atoms. The van der Waals surface area contributed by atoms with Gasteiger partial charge in [-0.2, -0.15) is 0 Å². The number of halogens is 4. The highest BCUT2D eigenvalue weighted by molar-refractivity contribution is 6.67. The third-order valence-electron chi connectivity index (χ3n) is 0.826. The van der Waals surface area contributed by atoms with Crippen LogP contribution < -0.4 is 0 Å². The Morgan fingerprint density at radius 3 is 1.89 bits per heavy atom. The second kappa shape index (κ2) is 4.30. The van der Waals surface area contributed by atoms with Gasteiger partial charge in [0.1, 0.15) is 0 Å². The van der Waals surface area contributed by atoms with Crippen molar-refractivity contribution in [2.45, 2.75) is 21.6 Å². The molecule has 56 valence electrons. The van der Waals surface area contributed by atoms with Gasteiger partial charge in [0.15, 0.2) is 3.79 Å². The predicted molar refractivity (Wildman–Crippen MR) is 49.1 cm³/mol. The summed E-state index contributed by atoms with van der Waals surface area (Å²) in [7, 11) is 0.952. The van der Waals surface area contributed by atoms with Gasteiger partial charge < -0.3 is 0 Å². The molecule has 0 aromatic rings. The molecule has 0 aromatic carbocycles. The highest BCUT2D eigenvalue weighted by atomic mass is 35.6. The molecule has 0 heterocycles. The summed E-state index contributed by atoms with van der Waals surface area (Å²) < 4.78 is -1.11. The lowest BCUT2D eigenvalue weighted by atomic mass is 10.4. The van der Waals surface area contributed by atoms with Crippen molar-refractivity contribution >= 4 is 56.6 Å². The first-order chi connectivity index (χ1) is 3.92. The Morgan fingerprint density at radius 1 is 1.33 bits per heavy atom. The molecule has 0 amide bonds. The molecule has 0 aliphatic rings. The standard InChI is InChI=1S/C4H8Cl4Si/c5-3(9)1-2-4(6,7)8/h3H,1-2H2,9H3. The fourth-order valence-electron chi connectivity index (χ4n) is 0.363. The Hall–Kier alpha value is 1.38. The van der Waals surface area contributed by atoms with E-state index in [9.17, 15) is 0 Å². The van der Waals surface area contributed by atoms with Crippen molar-refractivity contribution in [3.63, 3.8) is 0 Å². The highest BCUT2D eigenvalue weighted by Gasteiger charge is 2.19. The van der Waals surface area contributed by atoms with Gasteiger partial charge in [0.05, 0.1) is 0 Å². The zero-order valence-corrected chi connectivity index (χ0v) is 10.0. The number of rotatable bonds is 2. The third-order valence-corrected chi connectivity index (χ3v) is 2.19. The van der Waals surface area contributed by atoms with Crippen molar-refractivity contribution in [2.75, 3.05) is 0 Å². The lowest BCUT2D eigenvalue weighted by molar-refractivity contribution is 0.802. The van der Waals surface area contributed by atoms with E-state index in [4.69, 9.17) is 46.4 Å². The summed E-state index contributed by atoms with van der Waals surface area (Å²) in [6.45, 7) is 0. The monoisotopic (exact) mass is 224 g/mol. The Bertz CT molecular complexity index is 77.1. The molecule has 1 unspecified atom stereocenters. The summed E-state index contributed by atoms with van der Waals surface area (Å²) >= 11 is 22.1. The summed E-state index contributed by atoms with van der Waals surface area (Å²) in [6.07, 6.45) is 1.35. The average Bonchev–Trinajstić information content (AvgIpc) is 1.59. The van der Waals surface area contributed by atoms with Crippen LogP contribution in [-0.2, 0) is 0 Å². The first kappa shape index (κ1) is 10.4. The van der Waals surface area contributed by atoms with Crippen molar-refractivity contribution in [2.24, 2.45) is 0 Å². The smallest absolute Gasteiger partial charge is 0.128 e. The molecule has 0 bridgehead atoms. The van der Waals surface area contributed by atoms with Crippen LogP contribution in [-0.4, -0.2) is 19.0 Å².